The van der Waals surface area contributed by atoms with Gasteiger partial charge in [-0.15, -0.1) is 0 Å². The third-order valence-electron chi connectivity index (χ3n) is 7.67. The molecule has 8 aromatic rings. The highest BCUT2D eigenvalue weighted by Crippen LogP contribution is 2.40. The Hall–Kier alpha value is -5.41. The number of nitrogens with zero attached hydrogens (tertiary/aromatic N) is 3. The van der Waals surface area contributed by atoms with Gasteiger partial charge in [0, 0.05) is 22.1 Å². The van der Waals surface area contributed by atoms with E-state index in [1.807, 2.05) is 18.2 Å². The summed E-state index contributed by atoms with van der Waals surface area (Å²) in [5, 5.41) is 9.27. The summed E-state index contributed by atoms with van der Waals surface area (Å²) >= 11 is 0. The summed E-state index contributed by atoms with van der Waals surface area (Å²) in [5.74, 6) is 2.01. The van der Waals surface area contributed by atoms with Gasteiger partial charge in [0.05, 0.1) is 0 Å². The van der Waals surface area contributed by atoms with E-state index in [2.05, 4.69) is 121 Å². The lowest BCUT2D eigenvalue weighted by molar-refractivity contribution is 1.08. The zero-order chi connectivity index (χ0) is 26.5. The molecular weight excluding hydrogens is 486 g/mol. The Morgan fingerprint density at radius 2 is 0.925 bits per heavy atom. The number of fused-ring (bicyclic) bond motifs is 5. The summed E-state index contributed by atoms with van der Waals surface area (Å²) in [6.07, 6.45) is 0. The lowest BCUT2D eigenvalue weighted by Crippen LogP contribution is -2.01. The van der Waals surface area contributed by atoms with Crippen LogP contribution in [-0.2, 0) is 0 Å². The van der Waals surface area contributed by atoms with Crippen molar-refractivity contribution in [3.63, 3.8) is 0 Å². The van der Waals surface area contributed by atoms with E-state index in [-0.39, 0.29) is 0 Å². The van der Waals surface area contributed by atoms with Crippen LogP contribution in [0.15, 0.2) is 140 Å². The van der Waals surface area contributed by atoms with Crippen LogP contribution in [0.2, 0.25) is 0 Å². The van der Waals surface area contributed by atoms with Gasteiger partial charge in [-0.25, -0.2) is 15.0 Å². The average Bonchev–Trinajstić information content (AvgIpc) is 3.03. The molecule has 8 rings (SSSR count). The average molecular weight is 510 g/mol. The van der Waals surface area contributed by atoms with Gasteiger partial charge in [-0.2, -0.15) is 0 Å². The molecule has 0 aliphatic heterocycles. The summed E-state index contributed by atoms with van der Waals surface area (Å²) in [7, 11) is 0. The SMILES string of the molecule is c1ccc(-c2nc(-c3cccc4ccccc34)nc(-c3c4ccccc4cc4ccc5ccccc5c34)n2)cc1. The molecule has 0 atom stereocenters. The molecule has 0 fully saturated rings. The van der Waals surface area contributed by atoms with Gasteiger partial charge < -0.3 is 0 Å². The number of aromatic nitrogens is 3. The molecule has 0 N–H and O–H groups in total. The second kappa shape index (κ2) is 9.11. The first-order chi connectivity index (χ1) is 19.8. The molecule has 0 bridgehead atoms. The van der Waals surface area contributed by atoms with Gasteiger partial charge in [0.2, 0.25) is 0 Å². The Morgan fingerprint density at radius 3 is 1.75 bits per heavy atom. The third kappa shape index (κ3) is 3.63. The Kier molecular flexibility index (Phi) is 5.14. The minimum Gasteiger partial charge on any atom is -0.208 e. The topological polar surface area (TPSA) is 38.7 Å². The van der Waals surface area contributed by atoms with Gasteiger partial charge in [0.1, 0.15) is 0 Å². The molecule has 3 heteroatoms. The quantitative estimate of drug-likeness (QED) is 0.176. The molecule has 0 saturated heterocycles. The standard InChI is InChI=1S/C37H23N3/c1-2-13-26(14-3-1)35-38-36(32-20-10-16-24-11-4-7-17-29(24)32)40-37(39-35)34-31-19-9-6-15-27(31)23-28-22-21-25-12-5-8-18-30(25)33(28)34/h1-23H. The molecule has 0 unspecified atom stereocenters. The van der Waals surface area contributed by atoms with E-state index < -0.39 is 0 Å². The van der Waals surface area contributed by atoms with Crippen molar-refractivity contribution in [1.82, 2.24) is 15.0 Å². The minimum absolute atomic E-state index is 0.662. The first-order valence-electron chi connectivity index (χ1n) is 13.5. The fraction of sp³-hybridized carbons (Fsp3) is 0. The number of hydrogen-bond donors (Lipinski definition) is 0. The van der Waals surface area contributed by atoms with E-state index in [4.69, 9.17) is 15.0 Å². The zero-order valence-corrected chi connectivity index (χ0v) is 21.6. The maximum Gasteiger partial charge on any atom is 0.165 e. The Bertz CT molecular complexity index is 2210. The second-order valence-corrected chi connectivity index (χ2v) is 10.1. The van der Waals surface area contributed by atoms with Crippen LogP contribution >= 0.6 is 0 Å². The molecule has 3 nitrogen and oxygen atoms in total. The molecule has 186 valence electrons. The van der Waals surface area contributed by atoms with Gasteiger partial charge in [-0.05, 0) is 43.8 Å². The highest BCUT2D eigenvalue weighted by molar-refractivity contribution is 6.21. The lowest BCUT2D eigenvalue weighted by Gasteiger charge is -2.15. The lowest BCUT2D eigenvalue weighted by atomic mass is 9.92. The van der Waals surface area contributed by atoms with Crippen molar-refractivity contribution in [1.29, 1.82) is 0 Å². The summed E-state index contributed by atoms with van der Waals surface area (Å²) in [5.41, 5.74) is 2.99. The van der Waals surface area contributed by atoms with Crippen LogP contribution in [0.1, 0.15) is 0 Å². The minimum atomic E-state index is 0.662. The van der Waals surface area contributed by atoms with Crippen LogP contribution < -0.4 is 0 Å². The molecule has 0 spiro atoms. The molecule has 0 aliphatic rings. The zero-order valence-electron chi connectivity index (χ0n) is 21.6. The third-order valence-corrected chi connectivity index (χ3v) is 7.67. The van der Waals surface area contributed by atoms with E-state index in [1.54, 1.807) is 0 Å². The number of hydrogen-bond acceptors (Lipinski definition) is 3. The predicted molar refractivity (Wildman–Crippen MR) is 166 cm³/mol. The van der Waals surface area contributed by atoms with Crippen molar-refractivity contribution in [2.24, 2.45) is 0 Å². The normalized spacial score (nSPS) is 11.5. The van der Waals surface area contributed by atoms with Crippen molar-refractivity contribution in [2.75, 3.05) is 0 Å². The largest absolute Gasteiger partial charge is 0.208 e. The van der Waals surface area contributed by atoms with Crippen LogP contribution in [0.4, 0.5) is 0 Å². The van der Waals surface area contributed by atoms with Crippen LogP contribution in [-0.4, -0.2) is 15.0 Å². The summed E-state index contributed by atoms with van der Waals surface area (Å²) in [6, 6.07) is 48.6. The van der Waals surface area contributed by atoms with Crippen LogP contribution in [0.5, 0.6) is 0 Å². The first-order valence-corrected chi connectivity index (χ1v) is 13.5. The number of benzene rings is 7. The maximum atomic E-state index is 5.23. The van der Waals surface area contributed by atoms with E-state index >= 15 is 0 Å². The van der Waals surface area contributed by atoms with Crippen molar-refractivity contribution < 1.29 is 0 Å². The molecule has 7 aromatic carbocycles. The monoisotopic (exact) mass is 509 g/mol. The van der Waals surface area contributed by atoms with E-state index in [1.165, 1.54) is 16.2 Å². The van der Waals surface area contributed by atoms with Gasteiger partial charge in [0.25, 0.3) is 0 Å². The van der Waals surface area contributed by atoms with Crippen molar-refractivity contribution in [3.8, 4) is 34.2 Å². The Morgan fingerprint density at radius 1 is 0.350 bits per heavy atom. The van der Waals surface area contributed by atoms with Crippen LogP contribution in [0.3, 0.4) is 0 Å². The van der Waals surface area contributed by atoms with Gasteiger partial charge in [-0.1, -0.05) is 133 Å². The van der Waals surface area contributed by atoms with Crippen molar-refractivity contribution in [2.45, 2.75) is 0 Å². The van der Waals surface area contributed by atoms with Crippen LogP contribution in [0.25, 0.3) is 77.3 Å². The second-order valence-electron chi connectivity index (χ2n) is 10.1. The highest BCUT2D eigenvalue weighted by atomic mass is 15.0. The van der Waals surface area contributed by atoms with Gasteiger partial charge >= 0.3 is 0 Å². The van der Waals surface area contributed by atoms with Crippen LogP contribution in [0, 0.1) is 0 Å². The van der Waals surface area contributed by atoms with Gasteiger partial charge in [0.15, 0.2) is 17.5 Å². The molecule has 1 aromatic heterocycles. The molecule has 0 saturated carbocycles. The van der Waals surface area contributed by atoms with Crippen molar-refractivity contribution >= 4 is 43.1 Å². The Labute approximate surface area is 231 Å². The van der Waals surface area contributed by atoms with Gasteiger partial charge in [-0.3, -0.25) is 0 Å². The summed E-state index contributed by atoms with van der Waals surface area (Å²) in [4.78, 5) is 15.4. The van der Waals surface area contributed by atoms with Crippen molar-refractivity contribution in [3.05, 3.63) is 140 Å². The highest BCUT2D eigenvalue weighted by Gasteiger charge is 2.19. The molecule has 40 heavy (non-hydrogen) atoms. The summed E-state index contributed by atoms with van der Waals surface area (Å²) < 4.78 is 0. The summed E-state index contributed by atoms with van der Waals surface area (Å²) in [6.45, 7) is 0. The first kappa shape index (κ1) is 22.6. The van der Waals surface area contributed by atoms with E-state index in [0.717, 1.165) is 43.6 Å². The fourth-order valence-corrected chi connectivity index (χ4v) is 5.82. The molecule has 0 amide bonds. The fourth-order valence-electron chi connectivity index (χ4n) is 5.82. The van der Waals surface area contributed by atoms with E-state index in [9.17, 15) is 0 Å². The predicted octanol–water partition coefficient (Wildman–Crippen LogP) is 9.49. The smallest absolute Gasteiger partial charge is 0.165 e. The molecule has 1 heterocycles. The maximum absolute atomic E-state index is 5.23. The molecule has 0 aliphatic carbocycles. The van der Waals surface area contributed by atoms with E-state index in [0.29, 0.717) is 17.5 Å². The number of rotatable bonds is 3. The Balaban J connectivity index is 1.53. The molecular formula is C37H23N3. The molecule has 0 radical (unpaired) electrons.